The maximum absolute atomic E-state index is 8.73. The van der Waals surface area contributed by atoms with Crippen LogP contribution in [0.2, 0.25) is 0 Å². The zero-order valence-corrected chi connectivity index (χ0v) is 11.5. The Labute approximate surface area is 106 Å². The number of hydrogen-bond donors (Lipinski definition) is 0. The molecule has 2 unspecified atom stereocenters. The predicted octanol–water partition coefficient (Wildman–Crippen LogP) is 2.67. The molecule has 0 aromatic heterocycles. The summed E-state index contributed by atoms with van der Waals surface area (Å²) in [5, 5.41) is 8.73. The molecule has 0 N–H and O–H groups in total. The first-order valence-electron chi connectivity index (χ1n) is 6.77. The monoisotopic (exact) mass is 238 g/mol. The fourth-order valence-electron chi connectivity index (χ4n) is 3.08. The summed E-state index contributed by atoms with van der Waals surface area (Å²) in [5.74, 6) is 1.63. The van der Waals surface area contributed by atoms with E-state index in [9.17, 15) is 0 Å². The van der Waals surface area contributed by atoms with Crippen molar-refractivity contribution in [3.63, 3.8) is 0 Å². The van der Waals surface area contributed by atoms with Gasteiger partial charge in [-0.3, -0.25) is 4.90 Å². The second-order valence-electron chi connectivity index (χ2n) is 5.51. The second kappa shape index (κ2) is 7.68. The zero-order valence-electron chi connectivity index (χ0n) is 11.5. The molecular weight excluding hydrogens is 212 g/mol. The van der Waals surface area contributed by atoms with Crippen LogP contribution in [-0.2, 0) is 4.74 Å². The summed E-state index contributed by atoms with van der Waals surface area (Å²) in [6.45, 7) is 7.32. The largest absolute Gasteiger partial charge is 0.383 e. The summed E-state index contributed by atoms with van der Waals surface area (Å²) < 4.78 is 5.17. The van der Waals surface area contributed by atoms with Crippen molar-refractivity contribution in [2.45, 2.75) is 45.6 Å². The van der Waals surface area contributed by atoms with Crippen LogP contribution in [0.5, 0.6) is 0 Å². The molecule has 3 nitrogen and oxygen atoms in total. The van der Waals surface area contributed by atoms with Crippen LogP contribution in [0.25, 0.3) is 0 Å². The Balaban J connectivity index is 2.51. The summed E-state index contributed by atoms with van der Waals surface area (Å²) >= 11 is 0. The van der Waals surface area contributed by atoms with E-state index in [4.69, 9.17) is 10.00 Å². The predicted molar refractivity (Wildman–Crippen MR) is 69.6 cm³/mol. The van der Waals surface area contributed by atoms with Crippen LogP contribution < -0.4 is 0 Å². The first-order chi connectivity index (χ1) is 8.17. The van der Waals surface area contributed by atoms with Gasteiger partial charge in [0.1, 0.15) is 0 Å². The Bertz CT molecular complexity index is 239. The molecule has 0 aromatic carbocycles. The van der Waals surface area contributed by atoms with Gasteiger partial charge in [-0.25, -0.2) is 0 Å². The van der Waals surface area contributed by atoms with Gasteiger partial charge in [0.15, 0.2) is 0 Å². The fraction of sp³-hybridized carbons (Fsp3) is 0.929. The molecule has 1 fully saturated rings. The molecule has 17 heavy (non-hydrogen) atoms. The fourth-order valence-corrected chi connectivity index (χ4v) is 3.08. The lowest BCUT2D eigenvalue weighted by Gasteiger charge is -2.39. The summed E-state index contributed by atoms with van der Waals surface area (Å²) in [5.41, 5.74) is 0. The smallest absolute Gasteiger partial charge is 0.0635 e. The van der Waals surface area contributed by atoms with E-state index in [0.29, 0.717) is 12.5 Å². The van der Waals surface area contributed by atoms with Crippen molar-refractivity contribution in [2.24, 2.45) is 11.8 Å². The lowest BCUT2D eigenvalue weighted by molar-refractivity contribution is 0.0787. The number of nitrogens with zero attached hydrogens (tertiary/aromatic N) is 2. The van der Waals surface area contributed by atoms with E-state index in [2.05, 4.69) is 24.8 Å². The topological polar surface area (TPSA) is 36.3 Å². The van der Waals surface area contributed by atoms with Crippen LogP contribution in [0.3, 0.4) is 0 Å². The molecule has 0 spiro atoms. The highest BCUT2D eigenvalue weighted by Gasteiger charge is 2.27. The van der Waals surface area contributed by atoms with Crippen molar-refractivity contribution in [1.82, 2.24) is 4.90 Å². The molecule has 0 heterocycles. The van der Waals surface area contributed by atoms with Gasteiger partial charge in [-0.05, 0) is 31.1 Å². The third-order valence-electron chi connectivity index (χ3n) is 3.76. The molecule has 0 bridgehead atoms. The lowest BCUT2D eigenvalue weighted by atomic mass is 9.80. The molecule has 1 aliphatic rings. The minimum Gasteiger partial charge on any atom is -0.383 e. The van der Waals surface area contributed by atoms with E-state index in [1.807, 2.05) is 0 Å². The standard InChI is InChI=1S/C14H26N2O/c1-12-9-13(2)11-14(10-12)16(6-4-5-15)7-8-17-3/h12-14H,4,6-11H2,1-3H3. The highest BCUT2D eigenvalue weighted by Crippen LogP contribution is 2.31. The van der Waals surface area contributed by atoms with Gasteiger partial charge in [-0.1, -0.05) is 13.8 Å². The molecule has 0 saturated heterocycles. The average Bonchev–Trinajstić information content (AvgIpc) is 2.28. The highest BCUT2D eigenvalue weighted by molar-refractivity contribution is 4.84. The number of hydrogen-bond acceptors (Lipinski definition) is 3. The number of rotatable bonds is 6. The Kier molecular flexibility index (Phi) is 6.54. The van der Waals surface area contributed by atoms with E-state index in [0.717, 1.165) is 31.5 Å². The molecule has 0 amide bonds. The molecule has 0 aliphatic heterocycles. The van der Waals surface area contributed by atoms with Gasteiger partial charge in [0.2, 0.25) is 0 Å². The van der Waals surface area contributed by atoms with Crippen molar-refractivity contribution >= 4 is 0 Å². The molecule has 98 valence electrons. The van der Waals surface area contributed by atoms with Crippen molar-refractivity contribution in [3.05, 3.63) is 0 Å². The van der Waals surface area contributed by atoms with Gasteiger partial charge in [-0.15, -0.1) is 0 Å². The van der Waals surface area contributed by atoms with E-state index in [-0.39, 0.29) is 0 Å². The molecule has 1 aliphatic carbocycles. The quantitative estimate of drug-likeness (QED) is 0.714. The Morgan fingerprint density at radius 3 is 2.35 bits per heavy atom. The van der Waals surface area contributed by atoms with Crippen molar-refractivity contribution in [3.8, 4) is 6.07 Å². The van der Waals surface area contributed by atoms with Gasteiger partial charge >= 0.3 is 0 Å². The van der Waals surface area contributed by atoms with Gasteiger partial charge in [0, 0.05) is 32.7 Å². The average molecular weight is 238 g/mol. The third kappa shape index (κ3) is 5.06. The Hall–Kier alpha value is -0.590. The van der Waals surface area contributed by atoms with E-state index < -0.39 is 0 Å². The third-order valence-corrected chi connectivity index (χ3v) is 3.76. The van der Waals surface area contributed by atoms with Crippen LogP contribution >= 0.6 is 0 Å². The van der Waals surface area contributed by atoms with Gasteiger partial charge in [0.25, 0.3) is 0 Å². The summed E-state index contributed by atoms with van der Waals surface area (Å²) in [4.78, 5) is 2.46. The van der Waals surface area contributed by atoms with Gasteiger partial charge in [-0.2, -0.15) is 5.26 Å². The molecule has 0 radical (unpaired) electrons. The summed E-state index contributed by atoms with van der Waals surface area (Å²) in [7, 11) is 1.74. The number of nitriles is 1. The van der Waals surface area contributed by atoms with Crippen molar-refractivity contribution in [2.75, 3.05) is 26.8 Å². The molecule has 3 heteroatoms. The minimum absolute atomic E-state index is 0.628. The second-order valence-corrected chi connectivity index (χ2v) is 5.51. The van der Waals surface area contributed by atoms with E-state index in [1.54, 1.807) is 7.11 Å². The summed E-state index contributed by atoms with van der Waals surface area (Å²) in [6.07, 6.45) is 4.54. The normalized spacial score (nSPS) is 29.2. The van der Waals surface area contributed by atoms with Gasteiger partial charge in [0.05, 0.1) is 12.7 Å². The SMILES string of the molecule is COCCN(CCC#N)C1CC(C)CC(C)C1. The number of ether oxygens (including phenoxy) is 1. The summed E-state index contributed by atoms with van der Waals surface area (Å²) in [6, 6.07) is 2.90. The highest BCUT2D eigenvalue weighted by atomic mass is 16.5. The maximum atomic E-state index is 8.73. The molecule has 0 aromatic rings. The zero-order chi connectivity index (χ0) is 12.7. The number of methoxy groups -OCH3 is 1. The molecule has 1 rings (SSSR count). The Morgan fingerprint density at radius 1 is 1.18 bits per heavy atom. The van der Waals surface area contributed by atoms with E-state index >= 15 is 0 Å². The maximum Gasteiger partial charge on any atom is 0.0635 e. The van der Waals surface area contributed by atoms with Crippen LogP contribution in [0, 0.1) is 23.2 Å². The molecule has 2 atom stereocenters. The van der Waals surface area contributed by atoms with Crippen molar-refractivity contribution < 1.29 is 4.74 Å². The van der Waals surface area contributed by atoms with Gasteiger partial charge < -0.3 is 4.74 Å². The van der Waals surface area contributed by atoms with Crippen LogP contribution in [0.15, 0.2) is 0 Å². The first kappa shape index (κ1) is 14.5. The Morgan fingerprint density at radius 2 is 1.82 bits per heavy atom. The molecular formula is C14H26N2O. The lowest BCUT2D eigenvalue weighted by Crippen LogP contribution is -2.42. The van der Waals surface area contributed by atoms with Crippen LogP contribution in [0.1, 0.15) is 39.5 Å². The molecule has 1 saturated carbocycles. The van der Waals surface area contributed by atoms with Crippen LogP contribution in [0.4, 0.5) is 0 Å². The van der Waals surface area contributed by atoms with Crippen molar-refractivity contribution in [1.29, 1.82) is 5.26 Å². The van der Waals surface area contributed by atoms with E-state index in [1.165, 1.54) is 19.3 Å². The minimum atomic E-state index is 0.628. The first-order valence-corrected chi connectivity index (χ1v) is 6.77. The van der Waals surface area contributed by atoms with Crippen LogP contribution in [-0.4, -0.2) is 37.7 Å².